The number of rotatable bonds is 4. The zero-order chi connectivity index (χ0) is 8.48. The van der Waals surface area contributed by atoms with E-state index in [9.17, 15) is 4.79 Å². The Labute approximate surface area is 66.6 Å². The fourth-order valence-corrected chi connectivity index (χ4v) is 1.43. The molecule has 1 unspecified atom stereocenters. The molecule has 1 fully saturated rings. The van der Waals surface area contributed by atoms with E-state index in [0.29, 0.717) is 6.42 Å². The summed E-state index contributed by atoms with van der Waals surface area (Å²) in [5.74, 6) is -0.871. The maximum absolute atomic E-state index is 10.4. The van der Waals surface area contributed by atoms with Crippen LogP contribution in [0.1, 0.15) is 32.6 Å². The summed E-state index contributed by atoms with van der Waals surface area (Å²) in [5.41, 5.74) is 5.71. The van der Waals surface area contributed by atoms with Crippen molar-refractivity contribution in [3.8, 4) is 0 Å². The van der Waals surface area contributed by atoms with E-state index in [1.165, 1.54) is 0 Å². The maximum atomic E-state index is 10.4. The maximum Gasteiger partial charge on any atom is 0.320 e. The third-order valence-corrected chi connectivity index (χ3v) is 2.68. The van der Waals surface area contributed by atoms with Crippen LogP contribution < -0.4 is 5.73 Å². The Bertz CT molecular complexity index is 163. The number of carboxylic acids is 1. The highest BCUT2D eigenvalue weighted by molar-refractivity contribution is 5.73. The molecule has 11 heavy (non-hydrogen) atoms. The number of carboxylic acid groups (broad SMARTS) is 1. The minimum atomic E-state index is -0.871. The first-order chi connectivity index (χ1) is 5.09. The van der Waals surface area contributed by atoms with Gasteiger partial charge in [0.05, 0.1) is 0 Å². The average Bonchev–Trinajstić information content (AvgIpc) is 2.69. The highest BCUT2D eigenvalue weighted by Crippen LogP contribution is 2.52. The van der Waals surface area contributed by atoms with Gasteiger partial charge in [-0.25, -0.2) is 0 Å². The molecule has 1 rings (SSSR count). The van der Waals surface area contributed by atoms with Gasteiger partial charge in [0, 0.05) is 0 Å². The molecule has 1 aliphatic carbocycles. The van der Waals surface area contributed by atoms with E-state index in [2.05, 4.69) is 6.92 Å². The molecule has 3 heteroatoms. The van der Waals surface area contributed by atoms with Gasteiger partial charge in [0.15, 0.2) is 0 Å². The van der Waals surface area contributed by atoms with Crippen molar-refractivity contribution in [1.82, 2.24) is 0 Å². The van der Waals surface area contributed by atoms with E-state index < -0.39 is 12.0 Å². The average molecular weight is 157 g/mol. The first-order valence-corrected chi connectivity index (χ1v) is 4.08. The molecule has 64 valence electrons. The second-order valence-corrected chi connectivity index (χ2v) is 3.50. The van der Waals surface area contributed by atoms with Crippen LogP contribution in [0.15, 0.2) is 0 Å². The predicted molar refractivity (Wildman–Crippen MR) is 42.2 cm³/mol. The Hall–Kier alpha value is -0.570. The molecule has 1 aliphatic rings. The van der Waals surface area contributed by atoms with Crippen molar-refractivity contribution in [1.29, 1.82) is 0 Å². The lowest BCUT2D eigenvalue weighted by molar-refractivity contribution is -0.139. The highest BCUT2D eigenvalue weighted by atomic mass is 16.4. The van der Waals surface area contributed by atoms with Crippen molar-refractivity contribution < 1.29 is 9.90 Å². The topological polar surface area (TPSA) is 63.3 Å². The minimum absolute atomic E-state index is 0.289. The highest BCUT2D eigenvalue weighted by Gasteiger charge is 2.42. The molecule has 3 nitrogen and oxygen atoms in total. The van der Waals surface area contributed by atoms with Crippen LogP contribution in [0, 0.1) is 5.41 Å². The number of nitrogens with two attached hydrogens (primary N) is 1. The zero-order valence-corrected chi connectivity index (χ0v) is 6.84. The summed E-state index contributed by atoms with van der Waals surface area (Å²) in [7, 11) is 0. The van der Waals surface area contributed by atoms with E-state index in [1.54, 1.807) is 0 Å². The second-order valence-electron chi connectivity index (χ2n) is 3.50. The van der Waals surface area contributed by atoms with Gasteiger partial charge in [-0.15, -0.1) is 0 Å². The zero-order valence-electron chi connectivity index (χ0n) is 6.84. The van der Waals surface area contributed by atoms with Crippen LogP contribution in [0.2, 0.25) is 0 Å². The molecule has 0 aliphatic heterocycles. The molecule has 1 atom stereocenters. The van der Waals surface area contributed by atoms with Gasteiger partial charge in [-0.3, -0.25) is 4.79 Å². The van der Waals surface area contributed by atoms with Crippen molar-refractivity contribution in [2.24, 2.45) is 11.1 Å². The van der Waals surface area contributed by atoms with E-state index >= 15 is 0 Å². The third-order valence-electron chi connectivity index (χ3n) is 2.68. The molecule has 0 aromatic heterocycles. The Morgan fingerprint density at radius 1 is 1.73 bits per heavy atom. The lowest BCUT2D eigenvalue weighted by Crippen LogP contribution is -2.32. The molecule has 0 aromatic rings. The minimum Gasteiger partial charge on any atom is -0.480 e. The summed E-state index contributed by atoms with van der Waals surface area (Å²) < 4.78 is 0. The van der Waals surface area contributed by atoms with Crippen LogP contribution >= 0.6 is 0 Å². The van der Waals surface area contributed by atoms with Crippen LogP contribution in [0.5, 0.6) is 0 Å². The molecule has 0 aromatic carbocycles. The standard InChI is InChI=1S/C8H15NO2/c1-2-8(3-4-8)5-6(9)7(10)11/h6H,2-5,9H2,1H3,(H,10,11). The molecule has 3 N–H and O–H groups in total. The third kappa shape index (κ3) is 1.93. The number of hydrogen-bond acceptors (Lipinski definition) is 2. The lowest BCUT2D eigenvalue weighted by atomic mass is 9.95. The van der Waals surface area contributed by atoms with E-state index in [-0.39, 0.29) is 5.41 Å². The molecular formula is C8H15NO2. The first kappa shape index (κ1) is 8.53. The number of hydrogen-bond donors (Lipinski definition) is 2. The SMILES string of the molecule is CCC1(CC(N)C(=O)O)CC1. The molecular weight excluding hydrogens is 142 g/mol. The lowest BCUT2D eigenvalue weighted by Gasteiger charge is -2.14. The molecule has 0 heterocycles. The summed E-state index contributed by atoms with van der Waals surface area (Å²) >= 11 is 0. The fourth-order valence-electron chi connectivity index (χ4n) is 1.43. The van der Waals surface area contributed by atoms with Crippen molar-refractivity contribution in [3.05, 3.63) is 0 Å². The van der Waals surface area contributed by atoms with Gasteiger partial charge in [0.2, 0.25) is 0 Å². The van der Waals surface area contributed by atoms with Gasteiger partial charge in [0.25, 0.3) is 0 Å². The van der Waals surface area contributed by atoms with Crippen molar-refractivity contribution in [3.63, 3.8) is 0 Å². The van der Waals surface area contributed by atoms with Crippen LogP contribution in [0.4, 0.5) is 0 Å². The summed E-state index contributed by atoms with van der Waals surface area (Å²) in [4.78, 5) is 10.4. The van der Waals surface area contributed by atoms with Crippen LogP contribution in [0.3, 0.4) is 0 Å². The normalized spacial score (nSPS) is 22.7. The van der Waals surface area contributed by atoms with Gasteiger partial charge in [0.1, 0.15) is 6.04 Å². The Morgan fingerprint density at radius 3 is 2.55 bits per heavy atom. The molecule has 0 bridgehead atoms. The smallest absolute Gasteiger partial charge is 0.320 e. The largest absolute Gasteiger partial charge is 0.480 e. The van der Waals surface area contributed by atoms with Crippen molar-refractivity contribution in [2.45, 2.75) is 38.6 Å². The summed E-state index contributed by atoms with van der Waals surface area (Å²) in [6.07, 6.45) is 4.03. The molecule has 0 spiro atoms. The monoisotopic (exact) mass is 157 g/mol. The number of carbonyl (C=O) groups is 1. The Balaban J connectivity index is 2.35. The summed E-state index contributed by atoms with van der Waals surface area (Å²) in [5, 5.41) is 8.54. The number of aliphatic carboxylic acids is 1. The first-order valence-electron chi connectivity index (χ1n) is 4.08. The van der Waals surface area contributed by atoms with Crippen molar-refractivity contribution >= 4 is 5.97 Å². The summed E-state index contributed by atoms with van der Waals surface area (Å²) in [6, 6.07) is -0.655. The van der Waals surface area contributed by atoms with Crippen LogP contribution in [-0.2, 0) is 4.79 Å². The molecule has 0 radical (unpaired) electrons. The predicted octanol–water partition coefficient (Wildman–Crippen LogP) is 0.979. The molecule has 0 saturated heterocycles. The van der Waals surface area contributed by atoms with Crippen LogP contribution in [0.25, 0.3) is 0 Å². The summed E-state index contributed by atoms with van der Waals surface area (Å²) in [6.45, 7) is 2.10. The van der Waals surface area contributed by atoms with Crippen LogP contribution in [-0.4, -0.2) is 17.1 Å². The Morgan fingerprint density at radius 2 is 2.27 bits per heavy atom. The quantitative estimate of drug-likeness (QED) is 0.639. The van der Waals surface area contributed by atoms with E-state index in [1.807, 2.05) is 0 Å². The van der Waals surface area contributed by atoms with Gasteiger partial charge in [-0.2, -0.15) is 0 Å². The molecule has 1 saturated carbocycles. The second kappa shape index (κ2) is 2.81. The van der Waals surface area contributed by atoms with E-state index in [4.69, 9.17) is 10.8 Å². The Kier molecular flexibility index (Phi) is 2.18. The van der Waals surface area contributed by atoms with Crippen molar-refractivity contribution in [2.75, 3.05) is 0 Å². The van der Waals surface area contributed by atoms with Gasteiger partial charge < -0.3 is 10.8 Å². The molecule has 0 amide bonds. The van der Waals surface area contributed by atoms with Gasteiger partial charge >= 0.3 is 5.97 Å². The van der Waals surface area contributed by atoms with E-state index in [0.717, 1.165) is 19.3 Å². The van der Waals surface area contributed by atoms with Gasteiger partial charge in [-0.05, 0) is 24.7 Å². The van der Waals surface area contributed by atoms with Gasteiger partial charge in [-0.1, -0.05) is 13.3 Å². The fraction of sp³-hybridized carbons (Fsp3) is 0.875.